The Balaban J connectivity index is 3.31. The first-order valence-electron chi connectivity index (χ1n) is 8.71. The molecular weight excluding hydrogens is 316 g/mol. The van der Waals surface area contributed by atoms with Crippen LogP contribution in [-0.2, 0) is 19.6 Å². The number of esters is 1. The molecule has 23 heavy (non-hydrogen) atoms. The molecule has 0 aromatic carbocycles. The minimum absolute atomic E-state index is 0.0446. The van der Waals surface area contributed by atoms with Crippen LogP contribution in [0.25, 0.3) is 0 Å². The van der Waals surface area contributed by atoms with Crippen molar-refractivity contribution in [2.24, 2.45) is 0 Å². The van der Waals surface area contributed by atoms with Gasteiger partial charge in [0, 0.05) is 6.42 Å². The molecule has 0 heterocycles. The van der Waals surface area contributed by atoms with E-state index in [1.54, 1.807) is 0 Å². The van der Waals surface area contributed by atoms with Crippen LogP contribution in [0, 0.1) is 0 Å². The van der Waals surface area contributed by atoms with Crippen molar-refractivity contribution in [1.82, 2.24) is 0 Å². The summed E-state index contributed by atoms with van der Waals surface area (Å²) < 4.78 is 34.4. The Morgan fingerprint density at radius 1 is 0.957 bits per heavy atom. The molecule has 136 valence electrons. The predicted molar refractivity (Wildman–Crippen MR) is 93.0 cm³/mol. The van der Waals surface area contributed by atoms with Crippen molar-refractivity contribution in [3.63, 3.8) is 0 Å². The van der Waals surface area contributed by atoms with E-state index in [0.29, 0.717) is 6.42 Å². The molecule has 5 nitrogen and oxygen atoms in total. The van der Waals surface area contributed by atoms with Gasteiger partial charge < -0.3 is 4.74 Å². The first-order chi connectivity index (χ1) is 11.0. The zero-order valence-electron chi connectivity index (χ0n) is 14.3. The Kier molecular flexibility index (Phi) is 14.1. The summed E-state index contributed by atoms with van der Waals surface area (Å²) in [6.07, 6.45) is 15.2. The van der Waals surface area contributed by atoms with Crippen LogP contribution < -0.4 is 0 Å². The molecule has 0 aliphatic rings. The van der Waals surface area contributed by atoms with Gasteiger partial charge in [-0.2, -0.15) is 8.42 Å². The standard InChI is InChI=1S/C17H32O5S/c1-2-3-4-5-6-7-8-9-10-11-12-14-17(18)22-15-13-16-23(19,20)21/h5-6H,2-4,7-16H2,1H3,(H,19,20,21)/b6-5-. The van der Waals surface area contributed by atoms with Gasteiger partial charge in [0.15, 0.2) is 0 Å². The Morgan fingerprint density at radius 2 is 1.57 bits per heavy atom. The van der Waals surface area contributed by atoms with Crippen molar-refractivity contribution in [2.45, 2.75) is 77.6 Å². The van der Waals surface area contributed by atoms with E-state index in [2.05, 4.69) is 19.1 Å². The van der Waals surface area contributed by atoms with Crippen LogP contribution >= 0.6 is 0 Å². The predicted octanol–water partition coefficient (Wildman–Crippen LogP) is 4.28. The molecule has 0 saturated carbocycles. The minimum atomic E-state index is -3.96. The summed E-state index contributed by atoms with van der Waals surface area (Å²) in [4.78, 5) is 11.4. The van der Waals surface area contributed by atoms with Crippen LogP contribution in [0.15, 0.2) is 12.2 Å². The summed E-state index contributed by atoms with van der Waals surface area (Å²) in [5.41, 5.74) is 0. The molecule has 0 saturated heterocycles. The van der Waals surface area contributed by atoms with Crippen LogP contribution in [-0.4, -0.2) is 31.3 Å². The fraction of sp³-hybridized carbons (Fsp3) is 0.824. The molecule has 0 atom stereocenters. The third kappa shape index (κ3) is 19.1. The number of carbonyl (C=O) groups is 1. The fourth-order valence-corrected chi connectivity index (χ4v) is 2.60. The maximum atomic E-state index is 11.4. The quantitative estimate of drug-likeness (QED) is 0.207. The molecule has 0 aliphatic heterocycles. The highest BCUT2D eigenvalue weighted by molar-refractivity contribution is 7.85. The molecular formula is C17H32O5S. The first kappa shape index (κ1) is 22.1. The fourth-order valence-electron chi connectivity index (χ4n) is 2.12. The monoisotopic (exact) mass is 348 g/mol. The second kappa shape index (κ2) is 14.7. The van der Waals surface area contributed by atoms with Crippen molar-refractivity contribution in [2.75, 3.05) is 12.4 Å². The lowest BCUT2D eigenvalue weighted by atomic mass is 10.1. The van der Waals surface area contributed by atoms with Gasteiger partial charge in [0.2, 0.25) is 0 Å². The van der Waals surface area contributed by atoms with Gasteiger partial charge in [0.25, 0.3) is 10.1 Å². The van der Waals surface area contributed by atoms with E-state index < -0.39 is 10.1 Å². The summed E-state index contributed by atoms with van der Waals surface area (Å²) in [5, 5.41) is 0. The number of hydrogen-bond acceptors (Lipinski definition) is 4. The highest BCUT2D eigenvalue weighted by atomic mass is 32.2. The molecule has 0 fully saturated rings. The number of rotatable bonds is 15. The van der Waals surface area contributed by atoms with Gasteiger partial charge in [0.05, 0.1) is 12.4 Å². The average molecular weight is 349 g/mol. The molecule has 0 aromatic heterocycles. The zero-order chi connectivity index (χ0) is 17.4. The van der Waals surface area contributed by atoms with Crippen molar-refractivity contribution in [1.29, 1.82) is 0 Å². The van der Waals surface area contributed by atoms with E-state index in [0.717, 1.165) is 25.7 Å². The molecule has 0 spiro atoms. The largest absolute Gasteiger partial charge is 0.466 e. The van der Waals surface area contributed by atoms with E-state index in [1.807, 2.05) is 0 Å². The smallest absolute Gasteiger partial charge is 0.305 e. The summed E-state index contributed by atoms with van der Waals surface area (Å²) in [7, 11) is -3.96. The molecule has 0 aromatic rings. The maximum Gasteiger partial charge on any atom is 0.305 e. The topological polar surface area (TPSA) is 80.7 Å². The highest BCUT2D eigenvalue weighted by Gasteiger charge is 2.06. The van der Waals surface area contributed by atoms with Crippen molar-refractivity contribution in [3.05, 3.63) is 12.2 Å². The summed E-state index contributed by atoms with van der Waals surface area (Å²) >= 11 is 0. The summed E-state index contributed by atoms with van der Waals surface area (Å²) in [6, 6.07) is 0. The van der Waals surface area contributed by atoms with Gasteiger partial charge in [-0.3, -0.25) is 9.35 Å². The second-order valence-corrected chi connectivity index (χ2v) is 7.35. The molecule has 6 heteroatoms. The zero-order valence-corrected chi connectivity index (χ0v) is 15.2. The Hall–Kier alpha value is -0.880. The van der Waals surface area contributed by atoms with Crippen molar-refractivity contribution in [3.8, 4) is 0 Å². The number of allylic oxidation sites excluding steroid dienone is 2. The Morgan fingerprint density at radius 3 is 2.22 bits per heavy atom. The van der Waals surface area contributed by atoms with Gasteiger partial charge in [0.1, 0.15) is 0 Å². The van der Waals surface area contributed by atoms with E-state index in [-0.39, 0.29) is 24.7 Å². The van der Waals surface area contributed by atoms with Crippen molar-refractivity contribution >= 4 is 16.1 Å². The lowest BCUT2D eigenvalue weighted by molar-refractivity contribution is -0.143. The van der Waals surface area contributed by atoms with Crippen LogP contribution in [0.5, 0.6) is 0 Å². The van der Waals surface area contributed by atoms with Gasteiger partial charge in [-0.25, -0.2) is 0 Å². The molecule has 1 N–H and O–H groups in total. The van der Waals surface area contributed by atoms with Gasteiger partial charge >= 0.3 is 5.97 Å². The lowest BCUT2D eigenvalue weighted by Crippen LogP contribution is -2.10. The molecule has 0 rings (SSSR count). The van der Waals surface area contributed by atoms with Crippen LogP contribution in [0.4, 0.5) is 0 Å². The second-order valence-electron chi connectivity index (χ2n) is 5.78. The molecule has 0 bridgehead atoms. The van der Waals surface area contributed by atoms with Crippen LogP contribution in [0.1, 0.15) is 77.6 Å². The lowest BCUT2D eigenvalue weighted by Gasteiger charge is -2.04. The molecule has 0 unspecified atom stereocenters. The summed E-state index contributed by atoms with van der Waals surface area (Å²) in [5.74, 6) is -0.660. The van der Waals surface area contributed by atoms with Gasteiger partial charge in [-0.05, 0) is 32.1 Å². The molecule has 0 aliphatic carbocycles. The SMILES string of the molecule is CCCC/C=C\CCCCCCCC(=O)OCCCS(=O)(=O)O. The third-order valence-corrected chi connectivity index (χ3v) is 4.26. The number of hydrogen-bond donors (Lipinski definition) is 1. The van der Waals surface area contributed by atoms with E-state index >= 15 is 0 Å². The Labute approximate surface area is 141 Å². The minimum Gasteiger partial charge on any atom is -0.466 e. The maximum absolute atomic E-state index is 11.4. The Bertz CT molecular complexity index is 415. The molecule has 0 radical (unpaired) electrons. The van der Waals surface area contributed by atoms with E-state index in [9.17, 15) is 13.2 Å². The highest BCUT2D eigenvalue weighted by Crippen LogP contribution is 2.09. The van der Waals surface area contributed by atoms with E-state index in [1.165, 1.54) is 32.1 Å². The molecule has 0 amide bonds. The average Bonchev–Trinajstić information content (AvgIpc) is 2.48. The number of unbranched alkanes of at least 4 members (excludes halogenated alkanes) is 7. The third-order valence-electron chi connectivity index (χ3n) is 3.45. The van der Waals surface area contributed by atoms with Crippen LogP contribution in [0.3, 0.4) is 0 Å². The van der Waals surface area contributed by atoms with Gasteiger partial charge in [-0.1, -0.05) is 51.2 Å². The van der Waals surface area contributed by atoms with Crippen LogP contribution in [0.2, 0.25) is 0 Å². The van der Waals surface area contributed by atoms with Gasteiger partial charge in [-0.15, -0.1) is 0 Å². The summed E-state index contributed by atoms with van der Waals surface area (Å²) in [6.45, 7) is 2.24. The first-order valence-corrected chi connectivity index (χ1v) is 10.3. The number of carbonyl (C=O) groups excluding carboxylic acids is 1. The van der Waals surface area contributed by atoms with Crippen molar-refractivity contribution < 1.29 is 22.5 Å². The normalized spacial score (nSPS) is 11.9. The van der Waals surface area contributed by atoms with E-state index in [4.69, 9.17) is 9.29 Å². The number of ether oxygens (including phenoxy) is 1.